The molecule has 2 aliphatic rings. The fourth-order valence-corrected chi connectivity index (χ4v) is 2.37. The van der Waals surface area contributed by atoms with Gasteiger partial charge in [0.25, 0.3) is 0 Å². The van der Waals surface area contributed by atoms with E-state index in [1.165, 1.54) is 12.2 Å². The number of ketones is 1. The molecule has 2 heterocycles. The number of pyridine rings is 1. The van der Waals surface area contributed by atoms with Gasteiger partial charge in [0.05, 0.1) is 11.8 Å². The van der Waals surface area contributed by atoms with Crippen molar-refractivity contribution in [3.8, 4) is 11.5 Å². The molecular formula is C18H16ClFN2O6. The Bertz CT molecular complexity index is 893. The van der Waals surface area contributed by atoms with Crippen LogP contribution in [0, 0.1) is 10.2 Å². The Labute approximate surface area is 161 Å². The molecule has 148 valence electrons. The van der Waals surface area contributed by atoms with E-state index in [4.69, 9.17) is 23.1 Å². The van der Waals surface area contributed by atoms with Gasteiger partial charge in [-0.3, -0.25) is 4.79 Å². The maximum Gasteiger partial charge on any atom is 0.226 e. The number of hydrogen-bond donors (Lipinski definition) is 0. The summed E-state index contributed by atoms with van der Waals surface area (Å²) in [5, 5.41) is 0. The van der Waals surface area contributed by atoms with Crippen LogP contribution in [0.5, 0.6) is 0 Å². The second kappa shape index (κ2) is 9.49. The topological polar surface area (TPSA) is 139 Å². The number of hydrogen-bond acceptors (Lipinski definition) is 7. The lowest BCUT2D eigenvalue weighted by molar-refractivity contribution is -2.00. The number of carbonyl (C=O) groups is 1. The van der Waals surface area contributed by atoms with E-state index in [0.717, 1.165) is 18.5 Å². The van der Waals surface area contributed by atoms with Crippen molar-refractivity contribution >= 4 is 5.78 Å². The molecule has 2 bridgehead atoms. The summed E-state index contributed by atoms with van der Waals surface area (Å²) in [4.78, 5) is 14.8. The molecular weight excluding hydrogens is 395 g/mol. The van der Waals surface area contributed by atoms with Gasteiger partial charge in [-0.05, 0) is 12.2 Å². The van der Waals surface area contributed by atoms with Gasteiger partial charge in [-0.15, -0.1) is 10.2 Å². The van der Waals surface area contributed by atoms with Crippen LogP contribution in [0.4, 0.5) is 4.39 Å². The van der Waals surface area contributed by atoms with Gasteiger partial charge < -0.3 is 4.42 Å². The average molecular weight is 411 g/mol. The van der Waals surface area contributed by atoms with Crippen LogP contribution in [0.25, 0.3) is 11.5 Å². The number of Topliss-reactive ketones (excluding diaryl/α,β-unsaturated/α-hetero) is 1. The first kappa shape index (κ1) is 21.6. The SMILES string of the molecule is CCC[n+]1ccc(-c2ncco2)cc1.O=C1C2=CC(F)=C1C=C2.[O-][Cl+3]([O-])([O-])[O-]. The Morgan fingerprint density at radius 1 is 1.18 bits per heavy atom. The Balaban J connectivity index is 0.000000171. The third-order valence-corrected chi connectivity index (χ3v) is 3.53. The maximum absolute atomic E-state index is 12.4. The van der Waals surface area contributed by atoms with Gasteiger partial charge in [-0.25, -0.2) is 32.6 Å². The molecule has 4 rings (SSSR count). The first-order valence-electron chi connectivity index (χ1n) is 8.04. The average Bonchev–Trinajstić information content (AvgIpc) is 3.32. The largest absolute Gasteiger partial charge is 0.445 e. The Hall–Kier alpha value is -2.69. The molecule has 8 nitrogen and oxygen atoms in total. The smallest absolute Gasteiger partial charge is 0.226 e. The van der Waals surface area contributed by atoms with Gasteiger partial charge >= 0.3 is 0 Å². The molecule has 10 heteroatoms. The van der Waals surface area contributed by atoms with Crippen molar-refractivity contribution in [2.24, 2.45) is 0 Å². The Morgan fingerprint density at radius 2 is 1.82 bits per heavy atom. The van der Waals surface area contributed by atoms with E-state index in [1.54, 1.807) is 18.5 Å². The zero-order chi connectivity index (χ0) is 20.7. The van der Waals surface area contributed by atoms with Crippen molar-refractivity contribution in [2.45, 2.75) is 19.9 Å². The lowest BCUT2D eigenvalue weighted by atomic mass is 10.2. The first-order valence-corrected chi connectivity index (χ1v) is 9.27. The first-order chi connectivity index (χ1) is 13.2. The number of aromatic nitrogens is 2. The van der Waals surface area contributed by atoms with Crippen LogP contribution in [0.3, 0.4) is 0 Å². The van der Waals surface area contributed by atoms with Crippen molar-refractivity contribution in [3.05, 3.63) is 72.2 Å². The third kappa shape index (κ3) is 6.48. The van der Waals surface area contributed by atoms with Crippen molar-refractivity contribution < 1.29 is 47.0 Å². The monoisotopic (exact) mass is 410 g/mol. The molecule has 2 aromatic rings. The van der Waals surface area contributed by atoms with Gasteiger partial charge in [0.1, 0.15) is 18.6 Å². The van der Waals surface area contributed by atoms with Crippen LogP contribution in [0.2, 0.25) is 0 Å². The normalized spacial score (nSPS) is 14.4. The van der Waals surface area contributed by atoms with Crippen LogP contribution >= 0.6 is 0 Å². The number of allylic oxidation sites excluding steroid dienone is 6. The molecule has 2 aromatic heterocycles. The summed E-state index contributed by atoms with van der Waals surface area (Å²) in [6.07, 6.45) is 12.9. The van der Waals surface area contributed by atoms with Crippen molar-refractivity contribution in [1.29, 1.82) is 0 Å². The Kier molecular flexibility index (Phi) is 7.32. The molecule has 28 heavy (non-hydrogen) atoms. The summed E-state index contributed by atoms with van der Waals surface area (Å²) in [6, 6.07) is 4.03. The minimum atomic E-state index is -4.94. The molecule has 0 radical (unpaired) electrons. The second-order valence-electron chi connectivity index (χ2n) is 5.56. The second-order valence-corrected chi connectivity index (χ2v) is 6.32. The minimum absolute atomic E-state index is 0.174. The molecule has 0 atom stereocenters. The zero-order valence-corrected chi connectivity index (χ0v) is 15.5. The van der Waals surface area contributed by atoms with Crippen molar-refractivity contribution in [1.82, 2.24) is 4.98 Å². The molecule has 2 aliphatic carbocycles. The summed E-state index contributed by atoms with van der Waals surface area (Å²) in [5.74, 6) is 0.110. The van der Waals surface area contributed by atoms with Crippen molar-refractivity contribution in [2.75, 3.05) is 0 Å². The molecule has 0 spiro atoms. The van der Waals surface area contributed by atoms with Gasteiger partial charge in [-0.1, -0.05) is 13.0 Å². The van der Waals surface area contributed by atoms with E-state index in [1.807, 2.05) is 24.5 Å². The van der Waals surface area contributed by atoms with E-state index in [2.05, 4.69) is 16.5 Å². The van der Waals surface area contributed by atoms with Gasteiger partial charge in [0.2, 0.25) is 5.89 Å². The summed E-state index contributed by atoms with van der Waals surface area (Å²) in [6.45, 7) is 3.21. The number of carbonyl (C=O) groups excluding carboxylic acids is 1. The Morgan fingerprint density at radius 3 is 2.18 bits per heavy atom. The highest BCUT2D eigenvalue weighted by atomic mass is 35.7. The predicted molar refractivity (Wildman–Crippen MR) is 82.8 cm³/mol. The summed E-state index contributed by atoms with van der Waals surface area (Å²) in [5.41, 5.74) is 1.70. The van der Waals surface area contributed by atoms with Crippen LogP contribution in [0.1, 0.15) is 13.3 Å². The summed E-state index contributed by atoms with van der Waals surface area (Å²) >= 11 is 0. The number of halogens is 2. The molecule has 0 amide bonds. The highest BCUT2D eigenvalue weighted by Gasteiger charge is 2.26. The molecule has 0 fully saturated rings. The lowest BCUT2D eigenvalue weighted by Crippen LogP contribution is -2.68. The van der Waals surface area contributed by atoms with Gasteiger partial charge in [0, 0.05) is 29.7 Å². The lowest BCUT2D eigenvalue weighted by Gasteiger charge is -2.17. The van der Waals surface area contributed by atoms with E-state index in [-0.39, 0.29) is 11.4 Å². The van der Waals surface area contributed by atoms with E-state index >= 15 is 0 Å². The predicted octanol–water partition coefficient (Wildman–Crippen LogP) is -1.43. The van der Waals surface area contributed by atoms with Gasteiger partial charge in [-0.2, -0.15) is 0 Å². The summed E-state index contributed by atoms with van der Waals surface area (Å²) in [7, 11) is -4.94. The summed E-state index contributed by atoms with van der Waals surface area (Å²) < 4.78 is 53.7. The minimum Gasteiger partial charge on any atom is -0.445 e. The molecule has 0 saturated heterocycles. The highest BCUT2D eigenvalue weighted by Crippen LogP contribution is 2.30. The highest BCUT2D eigenvalue weighted by molar-refractivity contribution is 6.18. The quantitative estimate of drug-likeness (QED) is 0.565. The number of oxazole rings is 1. The molecule has 0 saturated carbocycles. The van der Waals surface area contributed by atoms with Crippen LogP contribution in [-0.2, 0) is 11.3 Å². The van der Waals surface area contributed by atoms with E-state index in [0.29, 0.717) is 11.5 Å². The standard InChI is InChI=1S/C11H13N2O.C7H3FO.ClHO4/c1-2-6-13-7-3-10(4-8-13)11-12-5-9-14-11;8-6-3-4-1-2-5(6)7(4)9;2-1(3,4)5/h3-5,7-9H,2,6H2,1H3;1-3H;(H,2,3,4,5)/q+1;;/p-1. The fourth-order valence-electron chi connectivity index (χ4n) is 2.37. The van der Waals surface area contributed by atoms with Crippen LogP contribution in [0.15, 0.2) is 76.6 Å². The fraction of sp³-hybridized carbons (Fsp3) is 0.167. The van der Waals surface area contributed by atoms with Crippen LogP contribution in [-0.4, -0.2) is 10.8 Å². The van der Waals surface area contributed by atoms with Gasteiger partial charge in [0.15, 0.2) is 18.2 Å². The molecule has 0 N–H and O–H groups in total. The third-order valence-electron chi connectivity index (χ3n) is 3.53. The molecule has 0 unspecified atom stereocenters. The molecule has 0 aliphatic heterocycles. The number of fused-ring (bicyclic) bond motifs is 2. The van der Waals surface area contributed by atoms with E-state index in [9.17, 15) is 9.18 Å². The van der Waals surface area contributed by atoms with Crippen molar-refractivity contribution in [3.63, 3.8) is 0 Å². The maximum atomic E-state index is 12.4. The zero-order valence-electron chi connectivity index (χ0n) is 14.7. The molecule has 0 aromatic carbocycles. The van der Waals surface area contributed by atoms with E-state index < -0.39 is 16.1 Å². The number of nitrogens with zero attached hydrogens (tertiary/aromatic N) is 2. The number of rotatable bonds is 3. The number of aryl methyl sites for hydroxylation is 1. The van der Waals surface area contributed by atoms with Crippen LogP contribution < -0.4 is 23.2 Å².